The second-order valence-electron chi connectivity index (χ2n) is 4.09. The van der Waals surface area contributed by atoms with Crippen LogP contribution < -0.4 is 0 Å². The van der Waals surface area contributed by atoms with Gasteiger partial charge in [-0.3, -0.25) is 4.79 Å². The number of hydrogen-bond donors (Lipinski definition) is 1. The van der Waals surface area contributed by atoms with Crippen LogP contribution in [0.2, 0.25) is 0 Å². The summed E-state index contributed by atoms with van der Waals surface area (Å²) in [6.07, 6.45) is 1.47. The maximum Gasteiger partial charge on any atom is 0.336 e. The second kappa shape index (κ2) is 8.32. The number of carbonyl (C=O) groups excluding carboxylic acids is 1. The van der Waals surface area contributed by atoms with Crippen LogP contribution in [0.3, 0.4) is 0 Å². The summed E-state index contributed by atoms with van der Waals surface area (Å²) in [6.45, 7) is 4.06. The molecule has 6 heteroatoms. The SMILES string of the molecule is CCCC(Sc1cc(Br)ccc1C(=O)O)C(=O)OCC. The van der Waals surface area contributed by atoms with Gasteiger partial charge in [-0.25, -0.2) is 4.79 Å². The molecule has 110 valence electrons. The molecule has 20 heavy (non-hydrogen) atoms. The summed E-state index contributed by atoms with van der Waals surface area (Å²) in [6, 6.07) is 4.92. The van der Waals surface area contributed by atoms with Crippen molar-refractivity contribution in [1.82, 2.24) is 0 Å². The minimum absolute atomic E-state index is 0.198. The van der Waals surface area contributed by atoms with Crippen molar-refractivity contribution in [3.8, 4) is 0 Å². The van der Waals surface area contributed by atoms with Crippen LogP contribution in [0.5, 0.6) is 0 Å². The third-order valence-electron chi connectivity index (χ3n) is 2.54. The molecule has 1 unspecified atom stereocenters. The standard InChI is InChI=1S/C14H17BrO4S/c1-3-5-11(14(18)19-4-2)20-12-8-9(15)6-7-10(12)13(16)17/h6-8,11H,3-5H2,1-2H3,(H,16,17). The molecule has 0 fully saturated rings. The maximum absolute atomic E-state index is 11.9. The third kappa shape index (κ3) is 4.83. The first kappa shape index (κ1) is 17.0. The molecule has 0 aliphatic heterocycles. The maximum atomic E-state index is 11.9. The van der Waals surface area contributed by atoms with Gasteiger partial charge in [-0.15, -0.1) is 11.8 Å². The van der Waals surface area contributed by atoms with E-state index in [4.69, 9.17) is 4.74 Å². The monoisotopic (exact) mass is 360 g/mol. The number of carboxylic acids is 1. The molecule has 0 radical (unpaired) electrons. The Morgan fingerprint density at radius 1 is 1.40 bits per heavy atom. The number of aromatic carboxylic acids is 1. The zero-order valence-electron chi connectivity index (χ0n) is 11.4. The van der Waals surface area contributed by atoms with E-state index in [0.717, 1.165) is 10.9 Å². The van der Waals surface area contributed by atoms with Gasteiger partial charge >= 0.3 is 11.9 Å². The van der Waals surface area contributed by atoms with Gasteiger partial charge in [0.1, 0.15) is 5.25 Å². The zero-order chi connectivity index (χ0) is 15.1. The van der Waals surface area contributed by atoms with E-state index in [2.05, 4.69) is 15.9 Å². The Morgan fingerprint density at radius 3 is 2.65 bits per heavy atom. The molecule has 0 spiro atoms. The van der Waals surface area contributed by atoms with Crippen LogP contribution in [0.15, 0.2) is 27.6 Å². The molecule has 1 rings (SSSR count). The second-order valence-corrected chi connectivity index (χ2v) is 6.25. The summed E-state index contributed by atoms with van der Waals surface area (Å²) >= 11 is 4.56. The molecule has 0 bridgehead atoms. The molecule has 0 amide bonds. The van der Waals surface area contributed by atoms with Crippen molar-refractivity contribution in [2.75, 3.05) is 6.61 Å². The Balaban J connectivity index is 3.00. The molecule has 0 aliphatic rings. The Hall–Kier alpha value is -1.01. The van der Waals surface area contributed by atoms with E-state index in [1.807, 2.05) is 6.92 Å². The highest BCUT2D eigenvalue weighted by Crippen LogP contribution is 2.32. The number of carboxylic acid groups (broad SMARTS) is 1. The summed E-state index contributed by atoms with van der Waals surface area (Å²) in [7, 11) is 0. The number of thioether (sulfide) groups is 1. The fourth-order valence-electron chi connectivity index (χ4n) is 1.65. The van der Waals surface area contributed by atoms with Crippen molar-refractivity contribution < 1.29 is 19.4 Å². The van der Waals surface area contributed by atoms with E-state index in [-0.39, 0.29) is 16.8 Å². The fraction of sp³-hybridized carbons (Fsp3) is 0.429. The molecular formula is C14H17BrO4S. The number of carbonyl (C=O) groups is 2. The first-order chi connectivity index (χ1) is 9.49. The van der Waals surface area contributed by atoms with E-state index in [9.17, 15) is 14.7 Å². The number of benzene rings is 1. The van der Waals surface area contributed by atoms with Gasteiger partial charge in [0.15, 0.2) is 0 Å². The predicted molar refractivity (Wildman–Crippen MR) is 82.3 cm³/mol. The summed E-state index contributed by atoms with van der Waals surface area (Å²) in [5, 5.41) is 8.81. The Bertz CT molecular complexity index is 490. The van der Waals surface area contributed by atoms with Crippen molar-refractivity contribution in [2.24, 2.45) is 0 Å². The van der Waals surface area contributed by atoms with E-state index >= 15 is 0 Å². The van der Waals surface area contributed by atoms with Gasteiger partial charge in [0.2, 0.25) is 0 Å². The lowest BCUT2D eigenvalue weighted by molar-refractivity contribution is -0.142. The van der Waals surface area contributed by atoms with Gasteiger partial charge in [0.05, 0.1) is 12.2 Å². The molecule has 1 atom stereocenters. The van der Waals surface area contributed by atoms with Crippen LogP contribution in [0, 0.1) is 0 Å². The van der Waals surface area contributed by atoms with Crippen LogP contribution in [-0.2, 0) is 9.53 Å². The summed E-state index contributed by atoms with van der Waals surface area (Å²) in [5.41, 5.74) is 0.198. The first-order valence-electron chi connectivity index (χ1n) is 6.35. The average Bonchev–Trinajstić information content (AvgIpc) is 2.38. The number of hydrogen-bond acceptors (Lipinski definition) is 4. The molecule has 0 aliphatic carbocycles. The van der Waals surface area contributed by atoms with Gasteiger partial charge in [-0.1, -0.05) is 29.3 Å². The van der Waals surface area contributed by atoms with Crippen LogP contribution in [-0.4, -0.2) is 28.9 Å². The molecule has 1 N–H and O–H groups in total. The van der Waals surface area contributed by atoms with Crippen molar-refractivity contribution >= 4 is 39.6 Å². The van der Waals surface area contributed by atoms with Crippen molar-refractivity contribution in [2.45, 2.75) is 36.8 Å². The lowest BCUT2D eigenvalue weighted by Crippen LogP contribution is -2.20. The topological polar surface area (TPSA) is 63.6 Å². The quantitative estimate of drug-likeness (QED) is 0.588. The molecule has 0 heterocycles. The number of halogens is 1. The van der Waals surface area contributed by atoms with E-state index < -0.39 is 5.97 Å². The molecule has 0 saturated carbocycles. The Kier molecular flexibility index (Phi) is 7.09. The largest absolute Gasteiger partial charge is 0.478 e. The molecule has 4 nitrogen and oxygen atoms in total. The van der Waals surface area contributed by atoms with Crippen molar-refractivity contribution in [3.63, 3.8) is 0 Å². The van der Waals surface area contributed by atoms with Gasteiger partial charge in [-0.2, -0.15) is 0 Å². The number of rotatable bonds is 7. The molecule has 1 aromatic rings. The van der Waals surface area contributed by atoms with Gasteiger partial charge in [0.25, 0.3) is 0 Å². The molecule has 1 aromatic carbocycles. The lowest BCUT2D eigenvalue weighted by Gasteiger charge is -2.15. The minimum Gasteiger partial charge on any atom is -0.478 e. The van der Waals surface area contributed by atoms with Gasteiger partial charge in [0, 0.05) is 9.37 Å². The zero-order valence-corrected chi connectivity index (χ0v) is 13.8. The summed E-state index contributed by atoms with van der Waals surface area (Å²) in [4.78, 5) is 23.7. The average molecular weight is 361 g/mol. The van der Waals surface area contributed by atoms with Crippen LogP contribution in [0.25, 0.3) is 0 Å². The fourth-order valence-corrected chi connectivity index (χ4v) is 3.46. The molecule has 0 aromatic heterocycles. The third-order valence-corrected chi connectivity index (χ3v) is 4.34. The van der Waals surface area contributed by atoms with Crippen molar-refractivity contribution in [1.29, 1.82) is 0 Å². The summed E-state index contributed by atoms with van der Waals surface area (Å²) in [5.74, 6) is -1.30. The van der Waals surface area contributed by atoms with Crippen molar-refractivity contribution in [3.05, 3.63) is 28.2 Å². The Labute approximate surface area is 131 Å². The molecule has 0 saturated heterocycles. The number of ether oxygens (including phenoxy) is 1. The molecular weight excluding hydrogens is 344 g/mol. The highest BCUT2D eigenvalue weighted by Gasteiger charge is 2.23. The highest BCUT2D eigenvalue weighted by molar-refractivity contribution is 9.10. The van der Waals surface area contributed by atoms with E-state index in [0.29, 0.717) is 17.9 Å². The lowest BCUT2D eigenvalue weighted by atomic mass is 10.2. The van der Waals surface area contributed by atoms with Crippen LogP contribution in [0.1, 0.15) is 37.0 Å². The van der Waals surface area contributed by atoms with Crippen LogP contribution >= 0.6 is 27.7 Å². The minimum atomic E-state index is -1.00. The van der Waals surface area contributed by atoms with Gasteiger partial charge in [-0.05, 0) is 31.5 Å². The first-order valence-corrected chi connectivity index (χ1v) is 8.03. The van der Waals surface area contributed by atoms with Gasteiger partial charge < -0.3 is 9.84 Å². The number of esters is 1. The van der Waals surface area contributed by atoms with Crippen LogP contribution in [0.4, 0.5) is 0 Å². The highest BCUT2D eigenvalue weighted by atomic mass is 79.9. The summed E-state index contributed by atoms with van der Waals surface area (Å²) < 4.78 is 5.82. The normalized spacial score (nSPS) is 11.9. The van der Waals surface area contributed by atoms with E-state index in [1.165, 1.54) is 17.8 Å². The van der Waals surface area contributed by atoms with E-state index in [1.54, 1.807) is 19.1 Å². The smallest absolute Gasteiger partial charge is 0.336 e. The Morgan fingerprint density at radius 2 is 2.10 bits per heavy atom. The predicted octanol–water partition coefficient (Wildman–Crippen LogP) is 3.97.